The molecule has 2 N–H and O–H groups in total. The van der Waals surface area contributed by atoms with Gasteiger partial charge in [-0.2, -0.15) is 0 Å². The lowest BCUT2D eigenvalue weighted by molar-refractivity contribution is 1.31. The summed E-state index contributed by atoms with van der Waals surface area (Å²) in [7, 11) is 1.89. The van der Waals surface area contributed by atoms with Crippen LogP contribution < -0.4 is 5.32 Å². The maximum Gasteiger partial charge on any atom is 0.139 e. The molecule has 3 heteroatoms. The molecule has 0 atom stereocenters. The van der Waals surface area contributed by atoms with Crippen LogP contribution in [0.5, 0.6) is 0 Å². The van der Waals surface area contributed by atoms with Crippen molar-refractivity contribution in [3.8, 4) is 0 Å². The zero-order valence-corrected chi connectivity index (χ0v) is 7.46. The summed E-state index contributed by atoms with van der Waals surface area (Å²) in [5.41, 5.74) is 2.93. The van der Waals surface area contributed by atoms with Gasteiger partial charge >= 0.3 is 0 Å². The van der Waals surface area contributed by atoms with E-state index in [0.717, 1.165) is 22.4 Å². The number of rotatable bonds is 2. The second-order valence-electron chi connectivity index (χ2n) is 2.77. The normalized spacial score (nSPS) is 10.2. The Labute approximate surface area is 76.5 Å². The molecule has 0 fully saturated rings. The quantitative estimate of drug-likeness (QED) is 0.731. The van der Waals surface area contributed by atoms with Crippen LogP contribution in [-0.2, 0) is 0 Å². The van der Waals surface area contributed by atoms with Crippen molar-refractivity contribution in [2.24, 2.45) is 0 Å². The average Bonchev–Trinajstić information content (AvgIpc) is 2.55. The molecule has 0 amide bonds. The third kappa shape index (κ3) is 1.09. The first-order valence-corrected chi connectivity index (χ1v) is 4.13. The van der Waals surface area contributed by atoms with Gasteiger partial charge in [0, 0.05) is 18.6 Å². The smallest absolute Gasteiger partial charge is 0.139 e. The van der Waals surface area contributed by atoms with Crippen molar-refractivity contribution in [2.45, 2.75) is 0 Å². The van der Waals surface area contributed by atoms with Crippen molar-refractivity contribution < 1.29 is 0 Å². The Morgan fingerprint density at radius 3 is 3.15 bits per heavy atom. The van der Waals surface area contributed by atoms with E-state index in [1.165, 1.54) is 0 Å². The van der Waals surface area contributed by atoms with Crippen molar-refractivity contribution >= 4 is 22.8 Å². The Morgan fingerprint density at radius 1 is 1.62 bits per heavy atom. The maximum absolute atomic E-state index is 4.22. The van der Waals surface area contributed by atoms with Gasteiger partial charge in [-0.15, -0.1) is 0 Å². The largest absolute Gasteiger partial charge is 0.386 e. The number of fused-ring (bicyclic) bond motifs is 1. The molecular formula is C10H11N3. The van der Waals surface area contributed by atoms with Gasteiger partial charge in [-0.25, -0.2) is 4.98 Å². The topological polar surface area (TPSA) is 40.7 Å². The Balaban J connectivity index is 2.81. The Morgan fingerprint density at radius 2 is 2.46 bits per heavy atom. The third-order valence-corrected chi connectivity index (χ3v) is 2.05. The number of nitrogens with one attached hydrogen (secondary N) is 2. The summed E-state index contributed by atoms with van der Waals surface area (Å²) in [5, 5.41) is 4.22. The van der Waals surface area contributed by atoms with Crippen LogP contribution in [0.2, 0.25) is 0 Å². The van der Waals surface area contributed by atoms with E-state index in [1.54, 1.807) is 12.3 Å². The van der Waals surface area contributed by atoms with Gasteiger partial charge in [-0.1, -0.05) is 6.58 Å². The van der Waals surface area contributed by atoms with E-state index in [-0.39, 0.29) is 0 Å². The van der Waals surface area contributed by atoms with Crippen molar-refractivity contribution in [1.29, 1.82) is 0 Å². The fraction of sp³-hybridized carbons (Fsp3) is 0.100. The van der Waals surface area contributed by atoms with E-state index in [2.05, 4.69) is 21.9 Å². The Bertz CT molecular complexity index is 442. The van der Waals surface area contributed by atoms with Crippen molar-refractivity contribution in [1.82, 2.24) is 9.97 Å². The highest BCUT2D eigenvalue weighted by Gasteiger charge is 2.06. The van der Waals surface area contributed by atoms with Gasteiger partial charge in [0.1, 0.15) is 5.65 Å². The van der Waals surface area contributed by atoms with E-state index in [1.807, 2.05) is 19.2 Å². The second-order valence-corrected chi connectivity index (χ2v) is 2.77. The van der Waals surface area contributed by atoms with Gasteiger partial charge in [-0.3, -0.25) is 0 Å². The van der Waals surface area contributed by atoms with Crippen LogP contribution in [0.15, 0.2) is 24.9 Å². The first-order chi connectivity index (χ1) is 6.36. The summed E-state index contributed by atoms with van der Waals surface area (Å²) in [4.78, 5) is 7.39. The maximum atomic E-state index is 4.22. The minimum atomic E-state index is 0.891. The SMILES string of the molecule is C=Cc1[nH]c2ncccc2c1NC. The molecule has 66 valence electrons. The predicted molar refractivity (Wildman–Crippen MR) is 55.7 cm³/mol. The van der Waals surface area contributed by atoms with Crippen LogP contribution >= 0.6 is 0 Å². The molecule has 2 rings (SSSR count). The number of nitrogens with zero attached hydrogens (tertiary/aromatic N) is 1. The molecule has 2 heterocycles. The molecule has 0 radical (unpaired) electrons. The van der Waals surface area contributed by atoms with E-state index < -0.39 is 0 Å². The fourth-order valence-corrected chi connectivity index (χ4v) is 1.46. The summed E-state index contributed by atoms with van der Waals surface area (Å²) in [6, 6.07) is 3.95. The molecular weight excluding hydrogens is 162 g/mol. The Kier molecular flexibility index (Phi) is 1.77. The van der Waals surface area contributed by atoms with E-state index >= 15 is 0 Å². The zero-order chi connectivity index (χ0) is 9.26. The van der Waals surface area contributed by atoms with Crippen LogP contribution in [0.3, 0.4) is 0 Å². The standard InChI is InChI=1S/C10H11N3/c1-3-8-9(11-2)7-5-4-6-12-10(7)13-8/h3-6,11H,1H2,2H3,(H,12,13). The molecule has 2 aromatic rings. The molecule has 0 saturated carbocycles. The minimum absolute atomic E-state index is 0.891. The van der Waals surface area contributed by atoms with Crippen LogP contribution in [-0.4, -0.2) is 17.0 Å². The summed E-state index contributed by atoms with van der Waals surface area (Å²) in [6.07, 6.45) is 3.55. The second kappa shape index (κ2) is 2.94. The summed E-state index contributed by atoms with van der Waals surface area (Å²) in [6.45, 7) is 3.74. The Hall–Kier alpha value is -1.77. The molecule has 0 unspecified atom stereocenters. The highest BCUT2D eigenvalue weighted by atomic mass is 14.9. The minimum Gasteiger partial charge on any atom is -0.386 e. The van der Waals surface area contributed by atoms with Gasteiger partial charge in [-0.05, 0) is 18.2 Å². The van der Waals surface area contributed by atoms with E-state index in [0.29, 0.717) is 0 Å². The lowest BCUT2D eigenvalue weighted by Crippen LogP contribution is -1.87. The number of H-pyrrole nitrogens is 1. The highest BCUT2D eigenvalue weighted by molar-refractivity contribution is 5.94. The van der Waals surface area contributed by atoms with E-state index in [9.17, 15) is 0 Å². The van der Waals surface area contributed by atoms with Gasteiger partial charge in [0.05, 0.1) is 11.4 Å². The van der Waals surface area contributed by atoms with Gasteiger partial charge in [0.2, 0.25) is 0 Å². The van der Waals surface area contributed by atoms with Crippen molar-refractivity contribution in [2.75, 3.05) is 12.4 Å². The molecule has 2 aromatic heterocycles. The van der Waals surface area contributed by atoms with Gasteiger partial charge in [0.25, 0.3) is 0 Å². The van der Waals surface area contributed by atoms with Crippen LogP contribution in [0.1, 0.15) is 5.69 Å². The number of pyridine rings is 1. The zero-order valence-electron chi connectivity index (χ0n) is 7.46. The molecule has 0 spiro atoms. The first-order valence-electron chi connectivity index (χ1n) is 4.13. The highest BCUT2D eigenvalue weighted by Crippen LogP contribution is 2.26. The molecule has 0 aliphatic rings. The van der Waals surface area contributed by atoms with Gasteiger partial charge < -0.3 is 10.3 Å². The van der Waals surface area contributed by atoms with Crippen molar-refractivity contribution in [3.63, 3.8) is 0 Å². The number of aromatic amines is 1. The van der Waals surface area contributed by atoms with Crippen LogP contribution in [0.25, 0.3) is 17.1 Å². The monoisotopic (exact) mass is 173 g/mol. The number of hydrogen-bond donors (Lipinski definition) is 2. The first kappa shape index (κ1) is 7.86. The third-order valence-electron chi connectivity index (χ3n) is 2.05. The number of hydrogen-bond acceptors (Lipinski definition) is 2. The molecule has 0 bridgehead atoms. The van der Waals surface area contributed by atoms with E-state index in [4.69, 9.17) is 0 Å². The molecule has 0 aliphatic heterocycles. The molecule has 0 saturated heterocycles. The lowest BCUT2D eigenvalue weighted by Gasteiger charge is -1.97. The van der Waals surface area contributed by atoms with Crippen LogP contribution in [0, 0.1) is 0 Å². The average molecular weight is 173 g/mol. The molecule has 0 aliphatic carbocycles. The van der Waals surface area contributed by atoms with Gasteiger partial charge in [0.15, 0.2) is 0 Å². The molecule has 3 nitrogen and oxygen atoms in total. The summed E-state index contributed by atoms with van der Waals surface area (Å²) in [5.74, 6) is 0. The number of anilines is 1. The van der Waals surface area contributed by atoms with Crippen LogP contribution in [0.4, 0.5) is 5.69 Å². The molecule has 0 aromatic carbocycles. The lowest BCUT2D eigenvalue weighted by atomic mass is 10.2. The predicted octanol–water partition coefficient (Wildman–Crippen LogP) is 2.25. The summed E-state index contributed by atoms with van der Waals surface area (Å²) >= 11 is 0. The molecule has 13 heavy (non-hydrogen) atoms. The summed E-state index contributed by atoms with van der Waals surface area (Å²) < 4.78 is 0. The van der Waals surface area contributed by atoms with Crippen molar-refractivity contribution in [3.05, 3.63) is 30.6 Å². The fourth-order valence-electron chi connectivity index (χ4n) is 1.46. The number of aromatic nitrogens is 2.